The maximum Gasteiger partial charge on any atom is 0.102 e. The van der Waals surface area contributed by atoms with E-state index in [9.17, 15) is 4.39 Å². The van der Waals surface area contributed by atoms with E-state index in [1.807, 2.05) is 0 Å². The Morgan fingerprint density at radius 3 is 2.92 bits per heavy atom. The maximum atomic E-state index is 12.1. The first-order valence-electron chi connectivity index (χ1n) is 4.62. The molecule has 1 atom stereocenters. The van der Waals surface area contributed by atoms with Crippen LogP contribution in [0.15, 0.2) is 0 Å². The van der Waals surface area contributed by atoms with Crippen LogP contribution in [0.25, 0.3) is 0 Å². The minimum absolute atomic E-state index is 0.0482. The van der Waals surface area contributed by atoms with Gasteiger partial charge in [0.25, 0.3) is 0 Å². The van der Waals surface area contributed by atoms with Crippen LogP contribution >= 0.6 is 0 Å². The summed E-state index contributed by atoms with van der Waals surface area (Å²) in [5, 5.41) is 0. The van der Waals surface area contributed by atoms with E-state index in [1.54, 1.807) is 0 Å². The Bertz CT molecular complexity index is 140. The average Bonchev–Trinajstić information content (AvgIpc) is 2.05. The van der Waals surface area contributed by atoms with Crippen LogP contribution in [0, 0.1) is 0 Å². The fraction of sp³-hybridized carbons (Fsp3) is 1.00. The van der Waals surface area contributed by atoms with Crippen LogP contribution in [-0.2, 0) is 4.74 Å². The third kappa shape index (κ3) is 2.42. The molecular weight excluding hydrogens is 157 g/mol. The van der Waals surface area contributed by atoms with Crippen molar-refractivity contribution in [1.82, 2.24) is 4.90 Å². The molecule has 1 unspecified atom stereocenters. The highest BCUT2D eigenvalue weighted by Gasteiger charge is 2.29. The van der Waals surface area contributed by atoms with Crippen molar-refractivity contribution in [1.29, 1.82) is 0 Å². The van der Waals surface area contributed by atoms with Crippen molar-refractivity contribution in [3.8, 4) is 0 Å². The topological polar surface area (TPSA) is 12.5 Å². The van der Waals surface area contributed by atoms with Crippen molar-refractivity contribution < 1.29 is 9.13 Å². The van der Waals surface area contributed by atoms with E-state index in [1.165, 1.54) is 0 Å². The summed E-state index contributed by atoms with van der Waals surface area (Å²) in [5.41, 5.74) is -0.0482. The second-order valence-electron chi connectivity index (χ2n) is 3.62. The smallest absolute Gasteiger partial charge is 0.102 e. The summed E-state index contributed by atoms with van der Waals surface area (Å²) >= 11 is 0. The summed E-state index contributed by atoms with van der Waals surface area (Å²) in [6, 6.07) is 0. The van der Waals surface area contributed by atoms with Gasteiger partial charge in [0.1, 0.15) is 6.67 Å². The van der Waals surface area contributed by atoms with Gasteiger partial charge in [0.05, 0.1) is 12.2 Å². The molecule has 1 heterocycles. The molecule has 0 saturated carbocycles. The van der Waals surface area contributed by atoms with Gasteiger partial charge >= 0.3 is 0 Å². The molecule has 2 nitrogen and oxygen atoms in total. The van der Waals surface area contributed by atoms with Crippen molar-refractivity contribution in [2.75, 3.05) is 32.9 Å². The van der Waals surface area contributed by atoms with Gasteiger partial charge in [0.2, 0.25) is 0 Å². The van der Waals surface area contributed by atoms with Gasteiger partial charge in [-0.2, -0.15) is 0 Å². The number of hydrogen-bond donors (Lipinski definition) is 0. The second-order valence-corrected chi connectivity index (χ2v) is 3.62. The van der Waals surface area contributed by atoms with Gasteiger partial charge in [-0.15, -0.1) is 0 Å². The Morgan fingerprint density at radius 2 is 2.33 bits per heavy atom. The van der Waals surface area contributed by atoms with Crippen molar-refractivity contribution in [3.63, 3.8) is 0 Å². The van der Waals surface area contributed by atoms with E-state index >= 15 is 0 Å². The molecule has 0 bridgehead atoms. The van der Waals surface area contributed by atoms with Crippen LogP contribution < -0.4 is 0 Å². The maximum absolute atomic E-state index is 12.1. The number of alkyl halides is 1. The molecule has 0 amide bonds. The summed E-state index contributed by atoms with van der Waals surface area (Å²) in [5.74, 6) is 0. The first-order chi connectivity index (χ1) is 5.70. The van der Waals surface area contributed by atoms with Crippen LogP contribution in [0.1, 0.15) is 20.3 Å². The van der Waals surface area contributed by atoms with E-state index in [0.717, 1.165) is 26.1 Å². The first-order valence-corrected chi connectivity index (χ1v) is 4.62. The SMILES string of the molecule is CCC1(C)CN(CCF)CCO1. The van der Waals surface area contributed by atoms with Gasteiger partial charge in [-0.3, -0.25) is 4.90 Å². The number of morpholine rings is 1. The van der Waals surface area contributed by atoms with E-state index in [0.29, 0.717) is 6.54 Å². The van der Waals surface area contributed by atoms with Crippen molar-refractivity contribution in [2.24, 2.45) is 0 Å². The van der Waals surface area contributed by atoms with Crippen molar-refractivity contribution in [3.05, 3.63) is 0 Å². The molecule has 0 aliphatic carbocycles. The highest BCUT2D eigenvalue weighted by molar-refractivity contribution is 4.82. The zero-order valence-electron chi connectivity index (χ0n) is 7.98. The highest BCUT2D eigenvalue weighted by atomic mass is 19.1. The van der Waals surface area contributed by atoms with E-state index in [2.05, 4.69) is 18.7 Å². The molecule has 0 aromatic carbocycles. The lowest BCUT2D eigenvalue weighted by Crippen LogP contribution is -2.50. The molecule has 1 saturated heterocycles. The van der Waals surface area contributed by atoms with Gasteiger partial charge in [0, 0.05) is 19.6 Å². The molecule has 3 heteroatoms. The molecule has 0 aromatic rings. The lowest BCUT2D eigenvalue weighted by Gasteiger charge is -2.39. The van der Waals surface area contributed by atoms with Crippen LogP contribution in [0.5, 0.6) is 0 Å². The second kappa shape index (κ2) is 4.19. The normalized spacial score (nSPS) is 32.2. The van der Waals surface area contributed by atoms with Crippen molar-refractivity contribution >= 4 is 0 Å². The number of halogens is 1. The molecule has 1 aliphatic heterocycles. The zero-order chi connectivity index (χ0) is 9.03. The van der Waals surface area contributed by atoms with Gasteiger partial charge in [-0.25, -0.2) is 4.39 Å². The number of rotatable bonds is 3. The third-order valence-corrected chi connectivity index (χ3v) is 2.56. The molecule has 0 spiro atoms. The van der Waals surface area contributed by atoms with Crippen LogP contribution in [0.3, 0.4) is 0 Å². The molecule has 72 valence electrons. The molecule has 1 fully saturated rings. The van der Waals surface area contributed by atoms with Crippen LogP contribution in [0.4, 0.5) is 4.39 Å². The standard InChI is InChI=1S/C9H18FNO/c1-3-9(2)8-11(5-4-10)6-7-12-9/h3-8H2,1-2H3. The Hall–Kier alpha value is -0.150. The van der Waals surface area contributed by atoms with E-state index in [4.69, 9.17) is 4.74 Å². The Balaban J connectivity index is 2.39. The fourth-order valence-electron chi connectivity index (χ4n) is 1.54. The summed E-state index contributed by atoms with van der Waals surface area (Å²) in [6.45, 7) is 6.99. The highest BCUT2D eigenvalue weighted by Crippen LogP contribution is 2.20. The van der Waals surface area contributed by atoms with Crippen LogP contribution in [-0.4, -0.2) is 43.4 Å². The lowest BCUT2D eigenvalue weighted by atomic mass is 10.0. The van der Waals surface area contributed by atoms with E-state index < -0.39 is 0 Å². The van der Waals surface area contributed by atoms with Crippen molar-refractivity contribution in [2.45, 2.75) is 25.9 Å². The third-order valence-electron chi connectivity index (χ3n) is 2.56. The molecule has 0 aromatic heterocycles. The summed E-state index contributed by atoms with van der Waals surface area (Å²) < 4.78 is 17.7. The largest absolute Gasteiger partial charge is 0.373 e. The Morgan fingerprint density at radius 1 is 1.58 bits per heavy atom. The average molecular weight is 175 g/mol. The predicted molar refractivity (Wildman–Crippen MR) is 47.1 cm³/mol. The molecule has 0 radical (unpaired) electrons. The summed E-state index contributed by atoms with van der Waals surface area (Å²) in [6.07, 6.45) is 0.996. The summed E-state index contributed by atoms with van der Waals surface area (Å²) in [7, 11) is 0. The van der Waals surface area contributed by atoms with Gasteiger partial charge in [-0.05, 0) is 13.3 Å². The molecular formula is C9H18FNO. The first kappa shape index (κ1) is 9.93. The Labute approximate surface area is 73.7 Å². The predicted octanol–water partition coefficient (Wildman–Crippen LogP) is 1.46. The Kier molecular flexibility index (Phi) is 3.47. The number of nitrogens with zero attached hydrogens (tertiary/aromatic N) is 1. The minimum Gasteiger partial charge on any atom is -0.373 e. The van der Waals surface area contributed by atoms with Gasteiger partial charge < -0.3 is 4.74 Å². The summed E-state index contributed by atoms with van der Waals surface area (Å²) in [4.78, 5) is 2.13. The monoisotopic (exact) mass is 175 g/mol. The lowest BCUT2D eigenvalue weighted by molar-refractivity contribution is -0.0998. The number of hydrogen-bond acceptors (Lipinski definition) is 2. The quantitative estimate of drug-likeness (QED) is 0.644. The minimum atomic E-state index is -0.250. The van der Waals surface area contributed by atoms with Gasteiger partial charge in [-0.1, -0.05) is 6.92 Å². The molecule has 1 aliphatic rings. The molecule has 0 N–H and O–H groups in total. The fourth-order valence-corrected chi connectivity index (χ4v) is 1.54. The van der Waals surface area contributed by atoms with Crippen LogP contribution in [0.2, 0.25) is 0 Å². The zero-order valence-corrected chi connectivity index (χ0v) is 7.98. The van der Waals surface area contributed by atoms with Gasteiger partial charge in [0.15, 0.2) is 0 Å². The van der Waals surface area contributed by atoms with E-state index in [-0.39, 0.29) is 12.3 Å². The molecule has 12 heavy (non-hydrogen) atoms. The molecule has 1 rings (SSSR count). The number of ether oxygens (including phenoxy) is 1.